The zero-order chi connectivity index (χ0) is 8.97. The van der Waals surface area contributed by atoms with Crippen LogP contribution in [0.5, 0.6) is 0 Å². The number of hydrogen-bond acceptors (Lipinski definition) is 1. The molecule has 0 aliphatic heterocycles. The van der Waals surface area contributed by atoms with Gasteiger partial charge < -0.3 is 0 Å². The van der Waals surface area contributed by atoms with Crippen LogP contribution in [-0.2, 0) is 4.79 Å². The number of amides is 1. The average molecular weight is 161 g/mol. The van der Waals surface area contributed by atoms with E-state index in [9.17, 15) is 4.79 Å². The monoisotopic (exact) mass is 161 g/mol. The maximum absolute atomic E-state index is 10.6. The van der Waals surface area contributed by atoms with Crippen LogP contribution in [0.2, 0.25) is 0 Å². The average Bonchev–Trinajstić information content (AvgIpc) is 2.05. The molecular formula is C10H11NO. The minimum Gasteiger partial charge on any atom is -0.273 e. The molecule has 1 aromatic rings. The van der Waals surface area contributed by atoms with Crippen LogP contribution >= 0.6 is 0 Å². The van der Waals surface area contributed by atoms with Crippen LogP contribution in [-0.4, -0.2) is 11.6 Å². The molecule has 12 heavy (non-hydrogen) atoms. The molecule has 0 radical (unpaired) electrons. The fraction of sp³-hybridized carbons (Fsp3) is 0.200. The first-order valence-corrected chi connectivity index (χ1v) is 3.81. The number of benzene rings is 1. The van der Waals surface area contributed by atoms with Gasteiger partial charge in [-0.05, 0) is 12.5 Å². The predicted molar refractivity (Wildman–Crippen MR) is 49.3 cm³/mol. The number of hydrogen-bond donors (Lipinski definition) is 0. The summed E-state index contributed by atoms with van der Waals surface area (Å²) in [6.07, 6.45) is 0. The van der Waals surface area contributed by atoms with E-state index in [0.717, 1.165) is 11.3 Å². The topological polar surface area (TPSA) is 29.4 Å². The van der Waals surface area contributed by atoms with Crippen molar-refractivity contribution in [3.8, 4) is 0 Å². The van der Waals surface area contributed by atoms with Gasteiger partial charge in [0.15, 0.2) is 0 Å². The van der Waals surface area contributed by atoms with Crippen molar-refractivity contribution >= 4 is 11.6 Å². The molecule has 1 aromatic carbocycles. The van der Waals surface area contributed by atoms with Crippen molar-refractivity contribution < 1.29 is 4.79 Å². The Balaban J connectivity index is 2.93. The summed E-state index contributed by atoms with van der Waals surface area (Å²) in [5, 5.41) is 0. The van der Waals surface area contributed by atoms with E-state index >= 15 is 0 Å². The van der Waals surface area contributed by atoms with Gasteiger partial charge in [-0.15, -0.1) is 0 Å². The van der Waals surface area contributed by atoms with Gasteiger partial charge in [0.05, 0.1) is 0 Å². The van der Waals surface area contributed by atoms with Gasteiger partial charge in [-0.2, -0.15) is 0 Å². The van der Waals surface area contributed by atoms with E-state index in [4.69, 9.17) is 0 Å². The Morgan fingerprint density at radius 2 is 1.75 bits per heavy atom. The molecule has 2 heteroatoms. The van der Waals surface area contributed by atoms with Gasteiger partial charge in [0.1, 0.15) is 0 Å². The molecule has 62 valence electrons. The molecule has 0 heterocycles. The van der Waals surface area contributed by atoms with E-state index in [0.29, 0.717) is 0 Å². The SMILES string of the molecule is CC(=O)N=C(C)c1ccccc1. The fourth-order valence-electron chi connectivity index (χ4n) is 0.980. The van der Waals surface area contributed by atoms with E-state index in [2.05, 4.69) is 4.99 Å². The molecule has 1 rings (SSSR count). The highest BCUT2D eigenvalue weighted by atomic mass is 16.1. The molecule has 0 aliphatic rings. The zero-order valence-electron chi connectivity index (χ0n) is 7.24. The second-order valence-electron chi connectivity index (χ2n) is 2.58. The largest absolute Gasteiger partial charge is 0.273 e. The number of rotatable bonds is 1. The summed E-state index contributed by atoms with van der Waals surface area (Å²) in [6, 6.07) is 9.65. The molecule has 0 saturated carbocycles. The van der Waals surface area contributed by atoms with Gasteiger partial charge in [0, 0.05) is 12.6 Å². The zero-order valence-corrected chi connectivity index (χ0v) is 7.24. The summed E-state index contributed by atoms with van der Waals surface area (Å²) in [5.74, 6) is -0.156. The molecule has 1 amide bonds. The maximum atomic E-state index is 10.6. The van der Waals surface area contributed by atoms with Gasteiger partial charge in [0.25, 0.3) is 0 Å². The van der Waals surface area contributed by atoms with Crippen molar-refractivity contribution in [3.05, 3.63) is 35.9 Å². The fourth-order valence-corrected chi connectivity index (χ4v) is 0.980. The summed E-state index contributed by atoms with van der Waals surface area (Å²) in [6.45, 7) is 3.28. The molecular weight excluding hydrogens is 150 g/mol. The van der Waals surface area contributed by atoms with E-state index in [-0.39, 0.29) is 5.91 Å². The Hall–Kier alpha value is -1.44. The first-order valence-electron chi connectivity index (χ1n) is 3.81. The molecule has 0 fully saturated rings. The van der Waals surface area contributed by atoms with E-state index in [1.54, 1.807) is 0 Å². The maximum Gasteiger partial charge on any atom is 0.242 e. The number of carbonyl (C=O) groups is 1. The lowest BCUT2D eigenvalue weighted by Gasteiger charge is -1.97. The summed E-state index contributed by atoms with van der Waals surface area (Å²) < 4.78 is 0. The molecule has 0 N–H and O–H groups in total. The van der Waals surface area contributed by atoms with Crippen molar-refractivity contribution in [2.45, 2.75) is 13.8 Å². The minimum absolute atomic E-state index is 0.156. The van der Waals surface area contributed by atoms with Gasteiger partial charge in [0.2, 0.25) is 5.91 Å². The van der Waals surface area contributed by atoms with E-state index in [1.807, 2.05) is 37.3 Å². The number of nitrogens with zero attached hydrogens (tertiary/aromatic N) is 1. The van der Waals surface area contributed by atoms with Crippen LogP contribution in [0.15, 0.2) is 35.3 Å². The summed E-state index contributed by atoms with van der Waals surface area (Å²) in [5.41, 5.74) is 1.76. The van der Waals surface area contributed by atoms with Crippen molar-refractivity contribution in [2.24, 2.45) is 4.99 Å². The number of aliphatic imine (C=N–C) groups is 1. The highest BCUT2D eigenvalue weighted by Crippen LogP contribution is 2.00. The van der Waals surface area contributed by atoms with Crippen molar-refractivity contribution in [1.29, 1.82) is 0 Å². The van der Waals surface area contributed by atoms with Crippen LogP contribution in [0.3, 0.4) is 0 Å². The van der Waals surface area contributed by atoms with Crippen LogP contribution < -0.4 is 0 Å². The van der Waals surface area contributed by atoms with Crippen molar-refractivity contribution in [2.75, 3.05) is 0 Å². The predicted octanol–water partition coefficient (Wildman–Crippen LogP) is 2.04. The third-order valence-corrected chi connectivity index (χ3v) is 1.52. The van der Waals surface area contributed by atoms with Crippen LogP contribution in [0.1, 0.15) is 19.4 Å². The van der Waals surface area contributed by atoms with Gasteiger partial charge in [-0.3, -0.25) is 4.79 Å². The van der Waals surface area contributed by atoms with Crippen LogP contribution in [0.4, 0.5) is 0 Å². The summed E-state index contributed by atoms with van der Waals surface area (Å²) in [4.78, 5) is 14.5. The molecule has 0 aliphatic carbocycles. The minimum atomic E-state index is -0.156. The molecule has 0 spiro atoms. The Morgan fingerprint density at radius 1 is 1.17 bits per heavy atom. The van der Waals surface area contributed by atoms with Gasteiger partial charge in [-0.25, -0.2) is 4.99 Å². The molecule has 0 atom stereocenters. The van der Waals surface area contributed by atoms with Gasteiger partial charge in [-0.1, -0.05) is 30.3 Å². The smallest absolute Gasteiger partial charge is 0.242 e. The lowest BCUT2D eigenvalue weighted by atomic mass is 10.1. The lowest BCUT2D eigenvalue weighted by molar-refractivity contribution is -0.115. The Morgan fingerprint density at radius 3 is 2.25 bits per heavy atom. The number of carbonyl (C=O) groups excluding carboxylic acids is 1. The quantitative estimate of drug-likeness (QED) is 0.579. The second-order valence-corrected chi connectivity index (χ2v) is 2.58. The van der Waals surface area contributed by atoms with Crippen molar-refractivity contribution in [1.82, 2.24) is 0 Å². The van der Waals surface area contributed by atoms with Crippen molar-refractivity contribution in [3.63, 3.8) is 0 Å². The third-order valence-electron chi connectivity index (χ3n) is 1.52. The van der Waals surface area contributed by atoms with E-state index in [1.165, 1.54) is 6.92 Å². The lowest BCUT2D eigenvalue weighted by Crippen LogP contribution is -1.97. The summed E-state index contributed by atoms with van der Waals surface area (Å²) >= 11 is 0. The van der Waals surface area contributed by atoms with Crippen LogP contribution in [0.25, 0.3) is 0 Å². The van der Waals surface area contributed by atoms with E-state index < -0.39 is 0 Å². The second kappa shape index (κ2) is 3.81. The normalized spacial score (nSPS) is 11.3. The summed E-state index contributed by atoms with van der Waals surface area (Å²) in [7, 11) is 0. The highest BCUT2D eigenvalue weighted by molar-refractivity contribution is 6.04. The Bertz CT molecular complexity index is 301. The molecule has 0 bridgehead atoms. The first-order chi connectivity index (χ1) is 5.70. The molecule has 0 saturated heterocycles. The Labute approximate surface area is 71.9 Å². The molecule has 0 unspecified atom stereocenters. The standard InChI is InChI=1S/C10H11NO/c1-8(11-9(2)12)10-6-4-3-5-7-10/h3-7H,1-2H3. The first kappa shape index (κ1) is 8.65. The molecule has 2 nitrogen and oxygen atoms in total. The van der Waals surface area contributed by atoms with Crippen LogP contribution in [0, 0.1) is 0 Å². The van der Waals surface area contributed by atoms with Gasteiger partial charge >= 0.3 is 0 Å². The Kier molecular flexibility index (Phi) is 2.75. The third kappa shape index (κ3) is 2.31. The highest BCUT2D eigenvalue weighted by Gasteiger charge is 1.95. The molecule has 0 aromatic heterocycles.